The zero-order chi connectivity index (χ0) is 12.4. The Hall–Kier alpha value is -1.72. The van der Waals surface area contributed by atoms with Gasteiger partial charge in [-0.15, -0.1) is 0 Å². The molecule has 0 spiro atoms. The minimum absolute atomic E-state index is 0.414. The molecule has 0 bridgehead atoms. The maximum Gasteiger partial charge on any atom is 0.288 e. The average molecular weight is 237 g/mol. The molecule has 0 saturated carbocycles. The van der Waals surface area contributed by atoms with E-state index in [0.717, 1.165) is 6.54 Å². The number of aromatic amines is 1. The van der Waals surface area contributed by atoms with E-state index >= 15 is 0 Å². The summed E-state index contributed by atoms with van der Waals surface area (Å²) in [6.07, 6.45) is 0.753. The van der Waals surface area contributed by atoms with Gasteiger partial charge in [-0.1, -0.05) is 20.8 Å². The number of fused-ring (bicyclic) bond motifs is 1. The molecular formula is C11H16FN5. The maximum absolute atomic E-state index is 13.0. The largest absolute Gasteiger partial charge is 0.368 e. The lowest BCUT2D eigenvalue weighted by Crippen LogP contribution is -2.17. The first-order valence-corrected chi connectivity index (χ1v) is 5.68. The zero-order valence-electron chi connectivity index (χ0n) is 10.2. The summed E-state index contributed by atoms with van der Waals surface area (Å²) < 4.78 is 13.0. The van der Waals surface area contributed by atoms with Gasteiger partial charge in [0, 0.05) is 6.54 Å². The SMILES string of the molecule is CC(C)[C@H](C)CNc1ncnc2[nH]c(F)nc12. The summed E-state index contributed by atoms with van der Waals surface area (Å²) in [5, 5.41) is 3.18. The fraction of sp³-hybridized carbons (Fsp3) is 0.545. The third-order valence-electron chi connectivity index (χ3n) is 2.98. The van der Waals surface area contributed by atoms with Crippen LogP contribution in [0.1, 0.15) is 20.8 Å². The highest BCUT2D eigenvalue weighted by Crippen LogP contribution is 2.17. The van der Waals surface area contributed by atoms with E-state index in [2.05, 4.69) is 46.0 Å². The first kappa shape index (κ1) is 11.8. The molecule has 2 N–H and O–H groups in total. The van der Waals surface area contributed by atoms with Crippen LogP contribution in [0.2, 0.25) is 0 Å². The van der Waals surface area contributed by atoms with Crippen LogP contribution in [0.5, 0.6) is 0 Å². The van der Waals surface area contributed by atoms with Crippen molar-refractivity contribution in [3.63, 3.8) is 0 Å². The number of halogens is 1. The number of aromatic nitrogens is 4. The molecule has 17 heavy (non-hydrogen) atoms. The summed E-state index contributed by atoms with van der Waals surface area (Å²) >= 11 is 0. The minimum Gasteiger partial charge on any atom is -0.368 e. The van der Waals surface area contributed by atoms with Gasteiger partial charge in [-0.3, -0.25) is 4.98 Å². The summed E-state index contributed by atoms with van der Waals surface area (Å²) in [6.45, 7) is 7.26. The van der Waals surface area contributed by atoms with Gasteiger partial charge in [0.15, 0.2) is 17.0 Å². The van der Waals surface area contributed by atoms with Crippen LogP contribution >= 0.6 is 0 Å². The molecule has 2 heterocycles. The first-order valence-electron chi connectivity index (χ1n) is 5.68. The Labute approximate surface area is 98.9 Å². The number of imidazole rings is 1. The van der Waals surface area contributed by atoms with Gasteiger partial charge in [-0.05, 0) is 11.8 Å². The molecule has 2 rings (SSSR count). The summed E-state index contributed by atoms with van der Waals surface area (Å²) in [6, 6.07) is 0. The molecule has 6 heteroatoms. The molecule has 2 aromatic rings. The van der Waals surface area contributed by atoms with Crippen molar-refractivity contribution in [3.05, 3.63) is 12.4 Å². The molecule has 0 aromatic carbocycles. The van der Waals surface area contributed by atoms with Crippen molar-refractivity contribution in [3.8, 4) is 0 Å². The molecule has 0 unspecified atom stereocenters. The third kappa shape index (κ3) is 2.51. The van der Waals surface area contributed by atoms with Gasteiger partial charge in [0.2, 0.25) is 0 Å². The van der Waals surface area contributed by atoms with Gasteiger partial charge in [0.1, 0.15) is 6.33 Å². The van der Waals surface area contributed by atoms with Crippen molar-refractivity contribution in [2.45, 2.75) is 20.8 Å². The highest BCUT2D eigenvalue weighted by Gasteiger charge is 2.11. The van der Waals surface area contributed by atoms with Crippen molar-refractivity contribution in [2.75, 3.05) is 11.9 Å². The Morgan fingerprint density at radius 2 is 2.12 bits per heavy atom. The average Bonchev–Trinajstić information content (AvgIpc) is 2.66. The van der Waals surface area contributed by atoms with Crippen molar-refractivity contribution < 1.29 is 4.39 Å². The fourth-order valence-electron chi connectivity index (χ4n) is 1.42. The van der Waals surface area contributed by atoms with E-state index in [9.17, 15) is 4.39 Å². The number of H-pyrrole nitrogens is 1. The van der Waals surface area contributed by atoms with Gasteiger partial charge in [-0.25, -0.2) is 9.97 Å². The van der Waals surface area contributed by atoms with Crippen molar-refractivity contribution in [1.82, 2.24) is 19.9 Å². The highest BCUT2D eigenvalue weighted by atomic mass is 19.1. The highest BCUT2D eigenvalue weighted by molar-refractivity contribution is 5.81. The normalized spacial score (nSPS) is 13.2. The van der Waals surface area contributed by atoms with Gasteiger partial charge in [-0.2, -0.15) is 9.37 Å². The third-order valence-corrected chi connectivity index (χ3v) is 2.98. The Balaban J connectivity index is 2.18. The van der Waals surface area contributed by atoms with Crippen LogP contribution in [0.3, 0.4) is 0 Å². The molecule has 0 fully saturated rings. The molecule has 1 atom stereocenters. The molecule has 0 amide bonds. The van der Waals surface area contributed by atoms with Crippen LogP contribution in [0, 0.1) is 17.9 Å². The van der Waals surface area contributed by atoms with E-state index in [4.69, 9.17) is 0 Å². The van der Waals surface area contributed by atoms with Crippen molar-refractivity contribution >= 4 is 17.0 Å². The Morgan fingerprint density at radius 1 is 1.35 bits per heavy atom. The maximum atomic E-state index is 13.0. The van der Waals surface area contributed by atoms with Crippen LogP contribution in [0.4, 0.5) is 10.2 Å². The summed E-state index contributed by atoms with van der Waals surface area (Å²) in [5.74, 6) is 1.65. The minimum atomic E-state index is -0.638. The van der Waals surface area contributed by atoms with Crippen molar-refractivity contribution in [2.24, 2.45) is 11.8 Å². The van der Waals surface area contributed by atoms with E-state index in [1.165, 1.54) is 6.33 Å². The smallest absolute Gasteiger partial charge is 0.288 e. The van der Waals surface area contributed by atoms with Crippen LogP contribution in [-0.2, 0) is 0 Å². The standard InChI is InChI=1S/C11H16FN5/c1-6(2)7(3)4-13-9-8-10(15-5-14-9)17-11(12)16-8/h5-7H,4H2,1-3H3,(H2,13,14,15,16,17)/t7-/m1/s1. The lowest BCUT2D eigenvalue weighted by atomic mass is 9.98. The second-order valence-corrected chi connectivity index (χ2v) is 4.55. The van der Waals surface area contributed by atoms with Crippen molar-refractivity contribution in [1.29, 1.82) is 0 Å². The van der Waals surface area contributed by atoms with Crippen LogP contribution in [-0.4, -0.2) is 26.5 Å². The number of nitrogens with one attached hydrogen (secondary N) is 2. The second-order valence-electron chi connectivity index (χ2n) is 4.55. The molecule has 0 saturated heterocycles. The molecule has 92 valence electrons. The monoisotopic (exact) mass is 237 g/mol. The van der Waals surface area contributed by atoms with Gasteiger partial charge in [0.05, 0.1) is 0 Å². The number of anilines is 1. The van der Waals surface area contributed by atoms with Gasteiger partial charge >= 0.3 is 0 Å². The number of hydrogen-bond acceptors (Lipinski definition) is 4. The summed E-state index contributed by atoms with van der Waals surface area (Å²) in [7, 11) is 0. The Morgan fingerprint density at radius 3 is 2.82 bits per heavy atom. The van der Waals surface area contributed by atoms with E-state index in [1.54, 1.807) is 0 Å². The zero-order valence-corrected chi connectivity index (χ0v) is 10.2. The first-order chi connectivity index (χ1) is 8.08. The lowest BCUT2D eigenvalue weighted by Gasteiger charge is -2.16. The topological polar surface area (TPSA) is 66.5 Å². The molecule has 0 aliphatic rings. The van der Waals surface area contributed by atoms with Crippen LogP contribution in [0.25, 0.3) is 11.2 Å². The Bertz CT molecular complexity index is 508. The van der Waals surface area contributed by atoms with Crippen LogP contribution in [0.15, 0.2) is 6.33 Å². The summed E-state index contributed by atoms with van der Waals surface area (Å²) in [4.78, 5) is 14.2. The molecular weight excluding hydrogens is 221 g/mol. The molecule has 2 aromatic heterocycles. The predicted molar refractivity (Wildman–Crippen MR) is 64.1 cm³/mol. The van der Waals surface area contributed by atoms with E-state index in [0.29, 0.717) is 28.8 Å². The molecule has 5 nitrogen and oxygen atoms in total. The fourth-order valence-corrected chi connectivity index (χ4v) is 1.42. The number of nitrogens with zero attached hydrogens (tertiary/aromatic N) is 3. The quantitative estimate of drug-likeness (QED) is 0.800. The summed E-state index contributed by atoms with van der Waals surface area (Å²) in [5.41, 5.74) is 0.859. The van der Waals surface area contributed by atoms with E-state index in [1.807, 2.05) is 0 Å². The molecule has 0 aliphatic heterocycles. The molecule has 0 aliphatic carbocycles. The van der Waals surface area contributed by atoms with E-state index in [-0.39, 0.29) is 0 Å². The van der Waals surface area contributed by atoms with Gasteiger partial charge < -0.3 is 5.32 Å². The van der Waals surface area contributed by atoms with E-state index < -0.39 is 6.08 Å². The van der Waals surface area contributed by atoms with Crippen LogP contribution < -0.4 is 5.32 Å². The number of rotatable bonds is 4. The lowest BCUT2D eigenvalue weighted by molar-refractivity contribution is 0.439. The number of hydrogen-bond donors (Lipinski definition) is 2. The predicted octanol–water partition coefficient (Wildman–Crippen LogP) is 2.20. The van der Waals surface area contributed by atoms with Gasteiger partial charge in [0.25, 0.3) is 6.08 Å². The second kappa shape index (κ2) is 4.65. The molecule has 0 radical (unpaired) electrons. The Kier molecular flexibility index (Phi) is 3.21.